The highest BCUT2D eigenvalue weighted by molar-refractivity contribution is 5.56. The second kappa shape index (κ2) is 5.00. The highest BCUT2D eigenvalue weighted by Gasteiger charge is 2.49. The first kappa shape index (κ1) is 15.2. The molecule has 0 aromatic heterocycles. The molecule has 1 aliphatic rings. The third-order valence-corrected chi connectivity index (χ3v) is 4.62. The molecule has 0 amide bonds. The zero-order valence-electron chi connectivity index (χ0n) is 12.2. The summed E-state index contributed by atoms with van der Waals surface area (Å²) in [5, 5.41) is 9.59. The minimum absolute atomic E-state index is 0.00613. The largest absolute Gasteiger partial charge is 0.386 e. The molecule has 1 aliphatic carbocycles. The van der Waals surface area contributed by atoms with Gasteiger partial charge in [0.25, 0.3) is 0 Å². The molecule has 0 aromatic rings. The Kier molecular flexibility index (Phi) is 4.22. The van der Waals surface area contributed by atoms with Crippen LogP contribution in [0, 0.1) is 16.7 Å². The first-order chi connectivity index (χ1) is 8.12. The minimum Gasteiger partial charge on any atom is -0.386 e. The molecule has 2 nitrogen and oxygen atoms in total. The van der Waals surface area contributed by atoms with Gasteiger partial charge in [-0.2, -0.15) is 0 Å². The summed E-state index contributed by atoms with van der Waals surface area (Å²) in [7, 11) is 0. The van der Waals surface area contributed by atoms with Crippen LogP contribution < -0.4 is 0 Å². The summed E-state index contributed by atoms with van der Waals surface area (Å²) in [6.07, 6.45) is 10.9. The topological polar surface area (TPSA) is 37.3 Å². The van der Waals surface area contributed by atoms with Gasteiger partial charge in [0.05, 0.1) is 5.60 Å². The summed E-state index contributed by atoms with van der Waals surface area (Å²) in [5.41, 5.74) is -0.738. The van der Waals surface area contributed by atoms with E-state index >= 15 is 0 Å². The maximum atomic E-state index is 11.1. The molecule has 0 bridgehead atoms. The Hall–Kier alpha value is -0.890. The van der Waals surface area contributed by atoms with E-state index in [9.17, 15) is 9.90 Å². The van der Waals surface area contributed by atoms with Crippen molar-refractivity contribution in [1.82, 2.24) is 0 Å². The van der Waals surface area contributed by atoms with Crippen LogP contribution in [0.25, 0.3) is 0 Å². The molecule has 1 fully saturated rings. The Morgan fingerprint density at radius 2 is 1.83 bits per heavy atom. The van der Waals surface area contributed by atoms with E-state index < -0.39 is 5.60 Å². The van der Waals surface area contributed by atoms with Gasteiger partial charge in [0.1, 0.15) is 6.29 Å². The molecule has 0 spiro atoms. The van der Waals surface area contributed by atoms with Crippen molar-refractivity contribution < 1.29 is 9.90 Å². The van der Waals surface area contributed by atoms with Gasteiger partial charge in [0.15, 0.2) is 0 Å². The number of allylic oxidation sites excluding steroid dienone is 3. The normalized spacial score (nSPS) is 32.4. The molecular weight excluding hydrogens is 224 g/mol. The number of aliphatic hydroxyl groups is 1. The van der Waals surface area contributed by atoms with Crippen LogP contribution in [-0.4, -0.2) is 17.0 Å². The average Bonchev–Trinajstić information content (AvgIpc) is 2.45. The Bertz CT molecular complexity index is 358. The van der Waals surface area contributed by atoms with Crippen LogP contribution in [-0.2, 0) is 4.79 Å². The second-order valence-electron chi connectivity index (χ2n) is 6.79. The van der Waals surface area contributed by atoms with Crippen molar-refractivity contribution in [2.24, 2.45) is 16.7 Å². The van der Waals surface area contributed by atoms with Gasteiger partial charge in [-0.25, -0.2) is 0 Å². The van der Waals surface area contributed by atoms with Crippen LogP contribution >= 0.6 is 0 Å². The molecule has 18 heavy (non-hydrogen) atoms. The van der Waals surface area contributed by atoms with Crippen LogP contribution in [0.15, 0.2) is 24.3 Å². The van der Waals surface area contributed by atoms with Gasteiger partial charge >= 0.3 is 0 Å². The van der Waals surface area contributed by atoms with Crippen molar-refractivity contribution in [3.8, 4) is 0 Å². The van der Waals surface area contributed by atoms with E-state index in [0.29, 0.717) is 0 Å². The van der Waals surface area contributed by atoms with E-state index in [0.717, 1.165) is 19.1 Å². The summed E-state index contributed by atoms with van der Waals surface area (Å²) in [6.45, 7) is 10.1. The fraction of sp³-hybridized carbons (Fsp3) is 0.688. The molecule has 1 saturated carbocycles. The lowest BCUT2D eigenvalue weighted by Gasteiger charge is -2.38. The molecule has 0 heterocycles. The van der Waals surface area contributed by atoms with Crippen LogP contribution in [0.1, 0.15) is 47.5 Å². The minimum atomic E-state index is -0.776. The molecule has 0 radical (unpaired) electrons. The van der Waals surface area contributed by atoms with Crippen molar-refractivity contribution in [2.45, 2.75) is 53.1 Å². The number of carbonyl (C=O) groups is 1. The number of carbonyl (C=O) groups excluding carboxylic acids is 1. The molecule has 2 atom stereocenters. The second-order valence-corrected chi connectivity index (χ2v) is 6.79. The predicted molar refractivity (Wildman–Crippen MR) is 75.3 cm³/mol. The molecule has 0 aromatic carbocycles. The van der Waals surface area contributed by atoms with Crippen LogP contribution in [0.4, 0.5) is 0 Å². The summed E-state index contributed by atoms with van der Waals surface area (Å²) >= 11 is 0. The Morgan fingerprint density at radius 1 is 1.22 bits per heavy atom. The van der Waals surface area contributed by atoms with Gasteiger partial charge in [-0.05, 0) is 37.5 Å². The Labute approximate surface area is 111 Å². The third kappa shape index (κ3) is 3.11. The van der Waals surface area contributed by atoms with Crippen molar-refractivity contribution in [2.75, 3.05) is 0 Å². The van der Waals surface area contributed by atoms with Crippen molar-refractivity contribution in [1.29, 1.82) is 0 Å². The van der Waals surface area contributed by atoms with Crippen molar-refractivity contribution in [3.63, 3.8) is 0 Å². The van der Waals surface area contributed by atoms with Gasteiger partial charge in [0, 0.05) is 5.92 Å². The summed E-state index contributed by atoms with van der Waals surface area (Å²) < 4.78 is 0. The zero-order valence-corrected chi connectivity index (χ0v) is 12.2. The van der Waals surface area contributed by atoms with Crippen LogP contribution in [0.3, 0.4) is 0 Å². The fourth-order valence-corrected chi connectivity index (χ4v) is 2.66. The molecule has 2 heteroatoms. The summed E-state index contributed by atoms with van der Waals surface area (Å²) in [6, 6.07) is 0. The monoisotopic (exact) mass is 250 g/mol. The van der Waals surface area contributed by atoms with E-state index in [4.69, 9.17) is 0 Å². The van der Waals surface area contributed by atoms with Gasteiger partial charge < -0.3 is 9.90 Å². The molecule has 0 aliphatic heterocycles. The zero-order chi connectivity index (χ0) is 14.0. The van der Waals surface area contributed by atoms with E-state index in [1.165, 1.54) is 0 Å². The molecule has 2 unspecified atom stereocenters. The summed E-state index contributed by atoms with van der Waals surface area (Å²) in [4.78, 5) is 11.1. The van der Waals surface area contributed by atoms with E-state index in [-0.39, 0.29) is 16.7 Å². The fourth-order valence-electron chi connectivity index (χ4n) is 2.66. The van der Waals surface area contributed by atoms with Crippen molar-refractivity contribution in [3.05, 3.63) is 24.3 Å². The van der Waals surface area contributed by atoms with Crippen molar-refractivity contribution >= 4 is 6.29 Å². The van der Waals surface area contributed by atoms with E-state index in [2.05, 4.69) is 26.8 Å². The lowest BCUT2D eigenvalue weighted by molar-refractivity contribution is -0.114. The van der Waals surface area contributed by atoms with Gasteiger partial charge in [-0.3, -0.25) is 0 Å². The number of aldehydes is 1. The van der Waals surface area contributed by atoms with E-state index in [1.807, 2.05) is 12.2 Å². The number of hydrogen-bond donors (Lipinski definition) is 1. The lowest BCUT2D eigenvalue weighted by Crippen LogP contribution is -2.33. The number of hydrogen-bond acceptors (Lipinski definition) is 2. The molecule has 1 N–H and O–H groups in total. The average molecular weight is 250 g/mol. The maximum Gasteiger partial charge on any atom is 0.123 e. The standard InChI is InChI=1S/C16H26O2/c1-14(2,18)9-6-7-10-16(5)11-8-13(12-17)15(16,3)4/h6-7,9-10,12-13,18H,8,11H2,1-5H3/b9-6+,10-7+. The lowest BCUT2D eigenvalue weighted by atomic mass is 9.66. The Balaban J connectivity index is 2.81. The molecule has 1 rings (SSSR count). The molecular formula is C16H26O2. The maximum absolute atomic E-state index is 11.1. The smallest absolute Gasteiger partial charge is 0.123 e. The highest BCUT2D eigenvalue weighted by atomic mass is 16.3. The predicted octanol–water partition coefficient (Wildman–Crippen LogP) is 3.51. The molecule has 102 valence electrons. The Morgan fingerprint density at radius 3 is 2.28 bits per heavy atom. The van der Waals surface area contributed by atoms with E-state index in [1.54, 1.807) is 19.9 Å². The van der Waals surface area contributed by atoms with Crippen LogP contribution in [0.5, 0.6) is 0 Å². The SMILES string of the molecule is CC(C)(O)/C=C/C=C/C1(C)CCC(C=O)C1(C)C. The third-order valence-electron chi connectivity index (χ3n) is 4.62. The molecule has 0 saturated heterocycles. The van der Waals surface area contributed by atoms with Gasteiger partial charge in [0.2, 0.25) is 0 Å². The van der Waals surface area contributed by atoms with Gasteiger partial charge in [-0.15, -0.1) is 0 Å². The van der Waals surface area contributed by atoms with Gasteiger partial charge in [-0.1, -0.05) is 45.1 Å². The van der Waals surface area contributed by atoms with Crippen LogP contribution in [0.2, 0.25) is 0 Å². The quantitative estimate of drug-likeness (QED) is 0.612. The first-order valence-electron chi connectivity index (χ1n) is 6.67. The first-order valence-corrected chi connectivity index (χ1v) is 6.67. The highest BCUT2D eigenvalue weighted by Crippen LogP contribution is 2.55. The summed E-state index contributed by atoms with van der Waals surface area (Å²) in [5.74, 6) is 0.144. The number of rotatable bonds is 4.